The smallest absolute Gasteiger partial charge is 0.399 e. The van der Waals surface area contributed by atoms with E-state index >= 15 is 0 Å². The number of fused-ring (bicyclic) bond motifs is 1. The van der Waals surface area contributed by atoms with Crippen molar-refractivity contribution in [1.82, 2.24) is 0 Å². The highest BCUT2D eigenvalue weighted by Gasteiger charge is 2.53. The van der Waals surface area contributed by atoms with Gasteiger partial charge in [-0.2, -0.15) is 0 Å². The van der Waals surface area contributed by atoms with Gasteiger partial charge >= 0.3 is 7.12 Å². The molecule has 2 aliphatic heterocycles. The van der Waals surface area contributed by atoms with Crippen LogP contribution in [0.1, 0.15) is 59.1 Å². The third-order valence-electron chi connectivity index (χ3n) is 6.82. The number of nitrogens with one attached hydrogen (secondary N) is 1. The fourth-order valence-electron chi connectivity index (χ4n) is 4.49. The Bertz CT molecular complexity index is 1020. The molecule has 2 heterocycles. The monoisotopic (exact) mass is 427 g/mol. The summed E-state index contributed by atoms with van der Waals surface area (Å²) in [5, 5.41) is 2.59. The molecule has 1 atom stereocenters. The minimum atomic E-state index is -1.09. The number of amides is 1. The molecule has 1 saturated heterocycles. The zero-order chi connectivity index (χ0) is 22.8. The van der Waals surface area contributed by atoms with Crippen molar-refractivity contribution in [3.63, 3.8) is 0 Å². The first-order valence-electron chi connectivity index (χ1n) is 10.6. The lowest BCUT2D eigenvalue weighted by Crippen LogP contribution is -2.41. The second-order valence-corrected chi connectivity index (χ2v) is 9.95. The molecule has 7 heteroatoms. The first-order valence-corrected chi connectivity index (χ1v) is 10.6. The number of hydrogen-bond acceptors (Lipinski definition) is 3. The maximum atomic E-state index is 14.5. The van der Waals surface area contributed by atoms with Crippen LogP contribution >= 0.6 is 0 Å². The molecule has 1 unspecified atom stereocenters. The van der Waals surface area contributed by atoms with E-state index in [1.165, 1.54) is 6.07 Å². The van der Waals surface area contributed by atoms with E-state index in [1.54, 1.807) is 0 Å². The lowest BCUT2D eigenvalue weighted by atomic mass is 9.69. The van der Waals surface area contributed by atoms with Gasteiger partial charge in [0.25, 0.3) is 0 Å². The van der Waals surface area contributed by atoms with Crippen molar-refractivity contribution in [2.45, 2.75) is 64.6 Å². The van der Waals surface area contributed by atoms with E-state index < -0.39 is 35.4 Å². The number of hydrogen-bond donors (Lipinski definition) is 1. The van der Waals surface area contributed by atoms with E-state index in [-0.39, 0.29) is 17.5 Å². The standard InChI is InChI=1S/C24H28BF2NO3/c1-14(2)13-24(17-11-12-18(26)19(27)20(17)28-21(24)29)15-7-9-16(10-8-15)25-30-22(3,4)23(5,6)31-25/h7-12,14H,13H2,1-6H3,(H,28,29). The minimum absolute atomic E-state index is 0.0688. The molecule has 2 aliphatic rings. The van der Waals surface area contributed by atoms with Gasteiger partial charge in [-0.25, -0.2) is 8.78 Å². The Hall–Kier alpha value is -2.25. The van der Waals surface area contributed by atoms with E-state index in [2.05, 4.69) is 5.32 Å². The van der Waals surface area contributed by atoms with Crippen molar-refractivity contribution >= 4 is 24.2 Å². The van der Waals surface area contributed by atoms with E-state index in [4.69, 9.17) is 9.31 Å². The molecule has 0 saturated carbocycles. The molecule has 1 N–H and O–H groups in total. The molecule has 1 amide bonds. The van der Waals surface area contributed by atoms with Crippen LogP contribution in [0.25, 0.3) is 0 Å². The van der Waals surface area contributed by atoms with Crippen LogP contribution in [0.2, 0.25) is 0 Å². The molecule has 1 fully saturated rings. The highest BCUT2D eigenvalue weighted by molar-refractivity contribution is 6.62. The van der Waals surface area contributed by atoms with Crippen molar-refractivity contribution in [3.05, 3.63) is 59.2 Å². The maximum Gasteiger partial charge on any atom is 0.494 e. The topological polar surface area (TPSA) is 47.6 Å². The Labute approximate surface area is 182 Å². The predicted octanol–water partition coefficient (Wildman–Crippen LogP) is 4.55. The Kier molecular flexibility index (Phi) is 5.06. The van der Waals surface area contributed by atoms with Crippen LogP contribution in [-0.4, -0.2) is 24.2 Å². The van der Waals surface area contributed by atoms with Gasteiger partial charge < -0.3 is 14.6 Å². The lowest BCUT2D eigenvalue weighted by Gasteiger charge is -2.32. The van der Waals surface area contributed by atoms with Gasteiger partial charge in [0, 0.05) is 0 Å². The molecule has 2 aromatic carbocycles. The average molecular weight is 427 g/mol. The van der Waals surface area contributed by atoms with Crippen LogP contribution in [0.3, 0.4) is 0 Å². The summed E-state index contributed by atoms with van der Waals surface area (Å²) in [6, 6.07) is 10.1. The quantitative estimate of drug-likeness (QED) is 0.729. The first-order chi connectivity index (χ1) is 14.4. The van der Waals surface area contributed by atoms with E-state index in [9.17, 15) is 13.6 Å². The fourth-order valence-corrected chi connectivity index (χ4v) is 4.49. The summed E-state index contributed by atoms with van der Waals surface area (Å²) in [5.41, 5.74) is -0.0433. The Balaban J connectivity index is 1.77. The number of carbonyl (C=O) groups excluding carboxylic acids is 1. The molecule has 0 bridgehead atoms. The number of rotatable bonds is 4. The molecule has 0 spiro atoms. The molecule has 4 rings (SSSR count). The van der Waals surface area contributed by atoms with Gasteiger partial charge in [-0.15, -0.1) is 0 Å². The van der Waals surface area contributed by atoms with Gasteiger partial charge in [0.05, 0.1) is 16.9 Å². The SMILES string of the molecule is CC(C)CC1(c2ccc(B3OC(C)(C)C(C)(C)O3)cc2)C(=O)Nc2c1ccc(F)c2F. The lowest BCUT2D eigenvalue weighted by molar-refractivity contribution is -0.120. The third-order valence-corrected chi connectivity index (χ3v) is 6.82. The van der Waals surface area contributed by atoms with Gasteiger partial charge in [0.1, 0.15) is 5.41 Å². The number of anilines is 1. The van der Waals surface area contributed by atoms with Crippen LogP contribution in [0.15, 0.2) is 36.4 Å². The number of halogens is 2. The third kappa shape index (κ3) is 3.29. The van der Waals surface area contributed by atoms with E-state index in [0.717, 1.165) is 17.1 Å². The van der Waals surface area contributed by atoms with E-state index in [1.807, 2.05) is 65.8 Å². The Morgan fingerprint density at radius 2 is 1.55 bits per heavy atom. The summed E-state index contributed by atoms with van der Waals surface area (Å²) < 4.78 is 40.5. The van der Waals surface area contributed by atoms with Crippen LogP contribution in [0.4, 0.5) is 14.5 Å². The maximum absolute atomic E-state index is 14.5. The summed E-state index contributed by atoms with van der Waals surface area (Å²) in [6.07, 6.45) is 0.465. The second-order valence-electron chi connectivity index (χ2n) is 9.95. The number of benzene rings is 2. The van der Waals surface area contributed by atoms with Gasteiger partial charge in [0.15, 0.2) is 11.6 Å². The molecule has 2 aromatic rings. The molecule has 31 heavy (non-hydrogen) atoms. The minimum Gasteiger partial charge on any atom is -0.399 e. The summed E-state index contributed by atoms with van der Waals surface area (Å²) in [6.45, 7) is 12.0. The zero-order valence-corrected chi connectivity index (χ0v) is 18.8. The van der Waals surface area contributed by atoms with Crippen LogP contribution in [-0.2, 0) is 19.5 Å². The first kappa shape index (κ1) is 22.0. The molecule has 0 aliphatic carbocycles. The highest BCUT2D eigenvalue weighted by Crippen LogP contribution is 2.48. The normalized spacial score (nSPS) is 23.9. The van der Waals surface area contributed by atoms with Gasteiger partial charge in [-0.05, 0) is 62.7 Å². The average Bonchev–Trinajstić information content (AvgIpc) is 3.08. The second kappa shape index (κ2) is 7.14. The summed E-state index contributed by atoms with van der Waals surface area (Å²) in [7, 11) is -0.517. The number of carbonyl (C=O) groups is 1. The van der Waals surface area contributed by atoms with Crippen molar-refractivity contribution in [2.24, 2.45) is 5.92 Å². The van der Waals surface area contributed by atoms with Crippen LogP contribution in [0.5, 0.6) is 0 Å². The summed E-state index contributed by atoms with van der Waals surface area (Å²) in [5.74, 6) is -2.20. The molecular weight excluding hydrogens is 399 g/mol. The largest absolute Gasteiger partial charge is 0.494 e. The highest BCUT2D eigenvalue weighted by atomic mass is 19.2. The fraction of sp³-hybridized carbons (Fsp3) is 0.458. The summed E-state index contributed by atoms with van der Waals surface area (Å²) in [4.78, 5) is 13.2. The predicted molar refractivity (Wildman–Crippen MR) is 117 cm³/mol. The van der Waals surface area contributed by atoms with Gasteiger partial charge in [-0.1, -0.05) is 44.2 Å². The molecule has 0 aromatic heterocycles. The van der Waals surface area contributed by atoms with Crippen molar-refractivity contribution < 1.29 is 22.9 Å². The van der Waals surface area contributed by atoms with Crippen molar-refractivity contribution in [2.75, 3.05) is 5.32 Å². The Morgan fingerprint density at radius 1 is 0.968 bits per heavy atom. The van der Waals surface area contributed by atoms with Crippen molar-refractivity contribution in [1.29, 1.82) is 0 Å². The van der Waals surface area contributed by atoms with Crippen LogP contribution < -0.4 is 10.8 Å². The van der Waals surface area contributed by atoms with Gasteiger partial charge in [-0.3, -0.25) is 4.79 Å². The molecule has 0 radical (unpaired) electrons. The van der Waals surface area contributed by atoms with Crippen molar-refractivity contribution in [3.8, 4) is 0 Å². The molecular formula is C24H28BF2NO3. The summed E-state index contributed by atoms with van der Waals surface area (Å²) >= 11 is 0. The van der Waals surface area contributed by atoms with E-state index in [0.29, 0.717) is 12.0 Å². The molecule has 4 nitrogen and oxygen atoms in total. The Morgan fingerprint density at radius 3 is 2.10 bits per heavy atom. The van der Waals surface area contributed by atoms with Crippen LogP contribution in [0, 0.1) is 17.6 Å². The zero-order valence-electron chi connectivity index (χ0n) is 18.8. The molecule has 164 valence electrons. The van der Waals surface area contributed by atoms with Gasteiger partial charge in [0.2, 0.25) is 5.91 Å².